The molecule has 1 rings (SSSR count). The number of unbranched alkanes of at least 4 members (excludes halogenated alkanes) is 4. The first-order chi connectivity index (χ1) is 7.75. The molecule has 0 aromatic rings. The fourth-order valence-electron chi connectivity index (χ4n) is 2.30. The van der Waals surface area contributed by atoms with E-state index in [0.717, 1.165) is 32.4 Å². The SMILES string of the molecule is CCCCCCCNC(=O)[C@@H]1CCCN1C. The van der Waals surface area contributed by atoms with Gasteiger partial charge in [0.15, 0.2) is 0 Å². The highest BCUT2D eigenvalue weighted by atomic mass is 16.2. The van der Waals surface area contributed by atoms with Crippen molar-refractivity contribution in [2.24, 2.45) is 0 Å². The maximum absolute atomic E-state index is 11.8. The van der Waals surface area contributed by atoms with Gasteiger partial charge in [-0.15, -0.1) is 0 Å². The van der Waals surface area contributed by atoms with Crippen LogP contribution in [-0.4, -0.2) is 37.0 Å². The third kappa shape index (κ3) is 4.52. The van der Waals surface area contributed by atoms with Crippen LogP contribution in [-0.2, 0) is 4.79 Å². The van der Waals surface area contributed by atoms with Gasteiger partial charge in [-0.2, -0.15) is 0 Å². The van der Waals surface area contributed by atoms with Crippen molar-refractivity contribution >= 4 is 5.91 Å². The van der Waals surface area contributed by atoms with Crippen LogP contribution in [0, 0.1) is 0 Å². The van der Waals surface area contributed by atoms with Crippen LogP contribution in [0.4, 0.5) is 0 Å². The summed E-state index contributed by atoms with van der Waals surface area (Å²) in [4.78, 5) is 14.0. The molecule has 16 heavy (non-hydrogen) atoms. The van der Waals surface area contributed by atoms with Gasteiger partial charge in [0.1, 0.15) is 0 Å². The zero-order valence-electron chi connectivity index (χ0n) is 10.8. The van der Waals surface area contributed by atoms with E-state index in [1.54, 1.807) is 0 Å². The highest BCUT2D eigenvalue weighted by Crippen LogP contribution is 2.14. The quantitative estimate of drug-likeness (QED) is 0.675. The lowest BCUT2D eigenvalue weighted by Crippen LogP contribution is -2.41. The van der Waals surface area contributed by atoms with Crippen LogP contribution in [0.15, 0.2) is 0 Å². The molecule has 0 saturated carbocycles. The number of likely N-dealkylation sites (N-methyl/N-ethyl adjacent to an activating group) is 1. The Hall–Kier alpha value is -0.570. The van der Waals surface area contributed by atoms with E-state index in [0.29, 0.717) is 0 Å². The minimum Gasteiger partial charge on any atom is -0.355 e. The van der Waals surface area contributed by atoms with Gasteiger partial charge in [-0.3, -0.25) is 9.69 Å². The summed E-state index contributed by atoms with van der Waals surface area (Å²) in [5.41, 5.74) is 0. The number of hydrogen-bond donors (Lipinski definition) is 1. The summed E-state index contributed by atoms with van der Waals surface area (Å²) < 4.78 is 0. The monoisotopic (exact) mass is 226 g/mol. The van der Waals surface area contributed by atoms with Crippen molar-refractivity contribution in [2.75, 3.05) is 20.1 Å². The molecule has 0 aliphatic carbocycles. The van der Waals surface area contributed by atoms with Gasteiger partial charge in [-0.25, -0.2) is 0 Å². The highest BCUT2D eigenvalue weighted by Gasteiger charge is 2.26. The van der Waals surface area contributed by atoms with Gasteiger partial charge in [0.2, 0.25) is 5.91 Å². The Balaban J connectivity index is 2.02. The second kappa shape index (κ2) is 7.66. The molecule has 0 aromatic carbocycles. The maximum Gasteiger partial charge on any atom is 0.237 e. The van der Waals surface area contributed by atoms with Gasteiger partial charge in [-0.05, 0) is 32.9 Å². The average Bonchev–Trinajstić information content (AvgIpc) is 2.69. The first-order valence-corrected chi connectivity index (χ1v) is 6.73. The zero-order valence-corrected chi connectivity index (χ0v) is 10.8. The second-order valence-corrected chi connectivity index (χ2v) is 4.84. The van der Waals surface area contributed by atoms with Crippen LogP contribution in [0.25, 0.3) is 0 Å². The van der Waals surface area contributed by atoms with E-state index in [9.17, 15) is 4.79 Å². The fraction of sp³-hybridized carbons (Fsp3) is 0.923. The number of nitrogens with one attached hydrogen (secondary N) is 1. The van der Waals surface area contributed by atoms with Gasteiger partial charge in [0.05, 0.1) is 6.04 Å². The molecule has 1 saturated heterocycles. The number of hydrogen-bond acceptors (Lipinski definition) is 2. The molecule has 1 fully saturated rings. The first-order valence-electron chi connectivity index (χ1n) is 6.73. The van der Waals surface area contributed by atoms with Crippen molar-refractivity contribution in [3.05, 3.63) is 0 Å². The van der Waals surface area contributed by atoms with Gasteiger partial charge < -0.3 is 5.32 Å². The summed E-state index contributed by atoms with van der Waals surface area (Å²) in [6, 6.07) is 0.135. The summed E-state index contributed by atoms with van der Waals surface area (Å²) in [5, 5.41) is 3.05. The Morgan fingerprint density at radius 3 is 2.69 bits per heavy atom. The van der Waals surface area contributed by atoms with Crippen LogP contribution in [0.3, 0.4) is 0 Å². The molecule has 0 spiro atoms. The van der Waals surface area contributed by atoms with Crippen LogP contribution in [0.1, 0.15) is 51.9 Å². The third-order valence-electron chi connectivity index (χ3n) is 3.40. The molecule has 0 bridgehead atoms. The molecular formula is C13H26N2O. The Bertz CT molecular complexity index is 206. The third-order valence-corrected chi connectivity index (χ3v) is 3.40. The van der Waals surface area contributed by atoms with E-state index in [-0.39, 0.29) is 11.9 Å². The van der Waals surface area contributed by atoms with E-state index in [1.165, 1.54) is 25.7 Å². The molecule has 1 aliphatic heterocycles. The minimum atomic E-state index is 0.135. The van der Waals surface area contributed by atoms with Gasteiger partial charge in [0, 0.05) is 6.54 Å². The Morgan fingerprint density at radius 2 is 2.06 bits per heavy atom. The molecule has 1 heterocycles. The van der Waals surface area contributed by atoms with Gasteiger partial charge in [-0.1, -0.05) is 32.6 Å². The van der Waals surface area contributed by atoms with E-state index in [1.807, 2.05) is 7.05 Å². The first kappa shape index (κ1) is 13.5. The lowest BCUT2D eigenvalue weighted by molar-refractivity contribution is -0.125. The topological polar surface area (TPSA) is 32.3 Å². The molecule has 1 atom stereocenters. The van der Waals surface area contributed by atoms with Crippen LogP contribution in [0.5, 0.6) is 0 Å². The molecule has 3 nitrogen and oxygen atoms in total. The maximum atomic E-state index is 11.8. The molecule has 1 N–H and O–H groups in total. The molecule has 3 heteroatoms. The number of carbonyl (C=O) groups is 1. The van der Waals surface area contributed by atoms with Gasteiger partial charge >= 0.3 is 0 Å². The summed E-state index contributed by atoms with van der Waals surface area (Å²) in [7, 11) is 2.04. The summed E-state index contributed by atoms with van der Waals surface area (Å²) in [6.45, 7) is 4.14. The number of carbonyl (C=O) groups excluding carboxylic acids is 1. The Morgan fingerprint density at radius 1 is 1.31 bits per heavy atom. The average molecular weight is 226 g/mol. The van der Waals surface area contributed by atoms with Crippen molar-refractivity contribution in [3.8, 4) is 0 Å². The lowest BCUT2D eigenvalue weighted by Gasteiger charge is -2.18. The second-order valence-electron chi connectivity index (χ2n) is 4.84. The minimum absolute atomic E-state index is 0.135. The van der Waals surface area contributed by atoms with E-state index in [2.05, 4.69) is 17.1 Å². The number of likely N-dealkylation sites (tertiary alicyclic amines) is 1. The van der Waals surface area contributed by atoms with Crippen molar-refractivity contribution in [3.63, 3.8) is 0 Å². The predicted octanol–water partition coefficient (Wildman–Crippen LogP) is 2.17. The molecule has 1 aliphatic rings. The molecular weight excluding hydrogens is 200 g/mol. The molecule has 1 amide bonds. The molecule has 94 valence electrons. The Kier molecular flexibility index (Phi) is 6.46. The van der Waals surface area contributed by atoms with E-state index < -0.39 is 0 Å². The van der Waals surface area contributed by atoms with Crippen molar-refractivity contribution in [2.45, 2.75) is 57.9 Å². The summed E-state index contributed by atoms with van der Waals surface area (Å²) in [6.07, 6.45) is 8.45. The predicted molar refractivity (Wildman–Crippen MR) is 67.4 cm³/mol. The molecule has 0 unspecified atom stereocenters. The normalized spacial score (nSPS) is 21.2. The van der Waals surface area contributed by atoms with Gasteiger partial charge in [0.25, 0.3) is 0 Å². The van der Waals surface area contributed by atoms with E-state index in [4.69, 9.17) is 0 Å². The van der Waals surface area contributed by atoms with Crippen molar-refractivity contribution < 1.29 is 4.79 Å². The number of amides is 1. The van der Waals surface area contributed by atoms with Crippen molar-refractivity contribution in [1.29, 1.82) is 0 Å². The van der Waals surface area contributed by atoms with Crippen molar-refractivity contribution in [1.82, 2.24) is 10.2 Å². The number of rotatable bonds is 7. The Labute approximate surface area is 99.6 Å². The fourth-order valence-corrected chi connectivity index (χ4v) is 2.30. The van der Waals surface area contributed by atoms with Crippen LogP contribution < -0.4 is 5.32 Å². The smallest absolute Gasteiger partial charge is 0.237 e. The van der Waals surface area contributed by atoms with Crippen LogP contribution in [0.2, 0.25) is 0 Å². The molecule has 0 radical (unpaired) electrons. The lowest BCUT2D eigenvalue weighted by atomic mass is 10.1. The summed E-state index contributed by atoms with van der Waals surface area (Å²) in [5.74, 6) is 0.232. The summed E-state index contributed by atoms with van der Waals surface area (Å²) >= 11 is 0. The van der Waals surface area contributed by atoms with Crippen LogP contribution >= 0.6 is 0 Å². The zero-order chi connectivity index (χ0) is 11.8. The molecule has 0 aromatic heterocycles. The highest BCUT2D eigenvalue weighted by molar-refractivity contribution is 5.81. The van der Waals surface area contributed by atoms with E-state index >= 15 is 0 Å². The standard InChI is InChI=1S/C13H26N2O/c1-3-4-5-6-7-10-14-13(16)12-9-8-11-15(12)2/h12H,3-11H2,1-2H3,(H,14,16)/t12-/m0/s1. The largest absolute Gasteiger partial charge is 0.355 e. The number of nitrogens with zero attached hydrogens (tertiary/aromatic N) is 1.